The van der Waals surface area contributed by atoms with Crippen molar-refractivity contribution in [2.45, 2.75) is 64.5 Å². The minimum Gasteiger partial charge on any atom is -0.366 e. The van der Waals surface area contributed by atoms with E-state index in [4.69, 9.17) is 23.2 Å². The highest BCUT2D eigenvalue weighted by Gasteiger charge is 2.23. The van der Waals surface area contributed by atoms with Crippen molar-refractivity contribution in [3.05, 3.63) is 34.1 Å². The molecule has 2 heterocycles. The van der Waals surface area contributed by atoms with Gasteiger partial charge in [-0.1, -0.05) is 37.0 Å². The monoisotopic (exact) mass is 394 g/mol. The van der Waals surface area contributed by atoms with Crippen LogP contribution in [-0.4, -0.2) is 32.0 Å². The molecule has 0 atom stereocenters. The lowest BCUT2D eigenvalue weighted by Gasteiger charge is -2.30. The number of hydrogen-bond acceptors (Lipinski definition) is 6. The highest BCUT2D eigenvalue weighted by molar-refractivity contribution is 6.33. The predicted octanol–water partition coefficient (Wildman–Crippen LogP) is 4.53. The maximum atomic E-state index is 6.38. The van der Waals surface area contributed by atoms with Crippen molar-refractivity contribution in [1.82, 2.24) is 19.9 Å². The van der Waals surface area contributed by atoms with E-state index in [9.17, 15) is 0 Å². The molecule has 1 saturated carbocycles. The van der Waals surface area contributed by atoms with Gasteiger partial charge >= 0.3 is 0 Å². The molecule has 0 bridgehead atoms. The summed E-state index contributed by atoms with van der Waals surface area (Å²) in [4.78, 5) is 17.0. The molecule has 0 aliphatic heterocycles. The van der Waals surface area contributed by atoms with E-state index in [-0.39, 0.29) is 0 Å². The molecule has 3 rings (SSSR count). The molecule has 26 heavy (non-hydrogen) atoms. The third-order valence-electron chi connectivity index (χ3n) is 4.80. The van der Waals surface area contributed by atoms with Crippen LogP contribution in [0.4, 0.5) is 11.6 Å². The fourth-order valence-corrected chi connectivity index (χ4v) is 3.85. The van der Waals surface area contributed by atoms with Crippen LogP contribution in [0.15, 0.2) is 12.7 Å². The highest BCUT2D eigenvalue weighted by atomic mass is 35.5. The number of halogens is 2. The van der Waals surface area contributed by atoms with Crippen LogP contribution in [-0.2, 0) is 12.8 Å². The molecule has 0 radical (unpaired) electrons. The Morgan fingerprint density at radius 1 is 0.769 bits per heavy atom. The normalized spacial score (nSPS) is 20.0. The number of anilines is 2. The van der Waals surface area contributed by atoms with E-state index in [2.05, 4.69) is 30.6 Å². The molecule has 2 aromatic heterocycles. The highest BCUT2D eigenvalue weighted by Crippen LogP contribution is 2.29. The van der Waals surface area contributed by atoms with E-state index in [1.165, 1.54) is 0 Å². The Balaban J connectivity index is 1.57. The Labute approximate surface area is 164 Å². The van der Waals surface area contributed by atoms with E-state index in [1.807, 2.05) is 13.8 Å². The third-order valence-corrected chi connectivity index (χ3v) is 5.60. The predicted molar refractivity (Wildman–Crippen MR) is 106 cm³/mol. The van der Waals surface area contributed by atoms with E-state index in [0.717, 1.165) is 61.5 Å². The number of hydrogen-bond donors (Lipinski definition) is 2. The SMILES string of the molecule is CCc1ncnc(NC2CCC(Nc3ncnc(CC)c3Cl)CC2)c1Cl. The molecule has 1 fully saturated rings. The Hall–Kier alpha value is -1.66. The molecule has 2 aromatic rings. The van der Waals surface area contributed by atoms with Gasteiger partial charge in [0.05, 0.1) is 11.4 Å². The van der Waals surface area contributed by atoms with Crippen LogP contribution in [0, 0.1) is 0 Å². The van der Waals surface area contributed by atoms with Crippen molar-refractivity contribution >= 4 is 34.8 Å². The molecule has 0 spiro atoms. The van der Waals surface area contributed by atoms with Gasteiger partial charge in [0.25, 0.3) is 0 Å². The van der Waals surface area contributed by atoms with Crippen LogP contribution in [0.1, 0.15) is 50.9 Å². The number of aromatic nitrogens is 4. The summed E-state index contributed by atoms with van der Waals surface area (Å²) in [5, 5.41) is 8.22. The van der Waals surface area contributed by atoms with Gasteiger partial charge in [-0.25, -0.2) is 19.9 Å². The molecular formula is C18H24Cl2N6. The summed E-state index contributed by atoms with van der Waals surface area (Å²) in [6.07, 6.45) is 8.86. The van der Waals surface area contributed by atoms with E-state index < -0.39 is 0 Å². The van der Waals surface area contributed by atoms with Crippen LogP contribution >= 0.6 is 23.2 Å². The van der Waals surface area contributed by atoms with E-state index in [1.54, 1.807) is 12.7 Å². The summed E-state index contributed by atoms with van der Waals surface area (Å²) in [6, 6.07) is 0.717. The second-order valence-corrected chi connectivity index (χ2v) is 7.27. The minimum absolute atomic E-state index is 0.359. The van der Waals surface area contributed by atoms with Gasteiger partial charge in [0, 0.05) is 12.1 Å². The molecule has 140 valence electrons. The molecule has 0 saturated heterocycles. The molecule has 2 N–H and O–H groups in total. The van der Waals surface area contributed by atoms with Gasteiger partial charge in [-0.05, 0) is 38.5 Å². The topological polar surface area (TPSA) is 75.6 Å². The first-order chi connectivity index (χ1) is 12.6. The van der Waals surface area contributed by atoms with Crippen molar-refractivity contribution in [1.29, 1.82) is 0 Å². The Kier molecular flexibility index (Phi) is 6.48. The standard InChI is InChI=1S/C18H24Cl2N6/c1-3-13-15(19)17(23-9-21-13)25-11-5-7-12(8-6-11)26-18-16(20)14(4-2)22-10-24-18/h9-12H,3-8H2,1-2H3,(H,21,23,25)(H,22,24,26). The van der Waals surface area contributed by atoms with Gasteiger partial charge in [-0.2, -0.15) is 0 Å². The van der Waals surface area contributed by atoms with Gasteiger partial charge in [-0.3, -0.25) is 0 Å². The van der Waals surface area contributed by atoms with Gasteiger partial charge in [0.15, 0.2) is 0 Å². The summed E-state index contributed by atoms with van der Waals surface area (Å²) in [5.41, 5.74) is 1.76. The maximum Gasteiger partial charge on any atom is 0.148 e. The first-order valence-electron chi connectivity index (χ1n) is 9.14. The fraction of sp³-hybridized carbons (Fsp3) is 0.556. The van der Waals surface area contributed by atoms with Crippen molar-refractivity contribution in [3.8, 4) is 0 Å². The molecule has 0 aromatic carbocycles. The van der Waals surface area contributed by atoms with E-state index in [0.29, 0.717) is 22.1 Å². The van der Waals surface area contributed by atoms with Crippen molar-refractivity contribution in [2.75, 3.05) is 10.6 Å². The first kappa shape index (κ1) is 19.1. The molecule has 1 aliphatic carbocycles. The Morgan fingerprint density at radius 3 is 1.50 bits per heavy atom. The van der Waals surface area contributed by atoms with Crippen LogP contribution < -0.4 is 10.6 Å². The smallest absolute Gasteiger partial charge is 0.148 e. The van der Waals surface area contributed by atoms with Gasteiger partial charge in [0.2, 0.25) is 0 Å². The summed E-state index contributed by atoms with van der Waals surface area (Å²) < 4.78 is 0. The third kappa shape index (κ3) is 4.35. The zero-order valence-corrected chi connectivity index (χ0v) is 16.6. The number of rotatable bonds is 6. The summed E-state index contributed by atoms with van der Waals surface area (Å²) in [7, 11) is 0. The van der Waals surface area contributed by atoms with E-state index >= 15 is 0 Å². The zero-order chi connectivity index (χ0) is 18.5. The fourth-order valence-electron chi connectivity index (χ4n) is 3.28. The first-order valence-corrected chi connectivity index (χ1v) is 9.89. The largest absolute Gasteiger partial charge is 0.366 e. The quantitative estimate of drug-likeness (QED) is 0.748. The van der Waals surface area contributed by atoms with Crippen molar-refractivity contribution in [2.24, 2.45) is 0 Å². The molecule has 8 heteroatoms. The number of aryl methyl sites for hydroxylation is 2. The summed E-state index contributed by atoms with van der Waals surface area (Å²) in [6.45, 7) is 4.08. The zero-order valence-electron chi connectivity index (χ0n) is 15.1. The average molecular weight is 395 g/mol. The van der Waals surface area contributed by atoms with Crippen LogP contribution in [0.5, 0.6) is 0 Å². The lowest BCUT2D eigenvalue weighted by atomic mass is 9.91. The average Bonchev–Trinajstić information content (AvgIpc) is 2.66. The van der Waals surface area contributed by atoms with Crippen LogP contribution in [0.2, 0.25) is 10.0 Å². The Bertz CT molecular complexity index is 683. The van der Waals surface area contributed by atoms with Gasteiger partial charge < -0.3 is 10.6 Å². The second-order valence-electron chi connectivity index (χ2n) is 6.51. The van der Waals surface area contributed by atoms with Crippen molar-refractivity contribution in [3.63, 3.8) is 0 Å². The second kappa shape index (κ2) is 8.82. The van der Waals surface area contributed by atoms with Gasteiger partial charge in [-0.15, -0.1) is 0 Å². The minimum atomic E-state index is 0.359. The molecule has 1 aliphatic rings. The van der Waals surface area contributed by atoms with Gasteiger partial charge in [0.1, 0.15) is 34.3 Å². The summed E-state index contributed by atoms with van der Waals surface area (Å²) >= 11 is 12.8. The number of nitrogens with one attached hydrogen (secondary N) is 2. The summed E-state index contributed by atoms with van der Waals surface area (Å²) in [5.74, 6) is 1.47. The van der Waals surface area contributed by atoms with Crippen LogP contribution in [0.3, 0.4) is 0 Å². The molecular weight excluding hydrogens is 371 g/mol. The molecule has 6 nitrogen and oxygen atoms in total. The lowest BCUT2D eigenvalue weighted by molar-refractivity contribution is 0.427. The number of nitrogens with zero attached hydrogens (tertiary/aromatic N) is 4. The Morgan fingerprint density at radius 2 is 1.15 bits per heavy atom. The van der Waals surface area contributed by atoms with Crippen molar-refractivity contribution < 1.29 is 0 Å². The molecule has 0 unspecified atom stereocenters. The van der Waals surface area contributed by atoms with Crippen LogP contribution in [0.25, 0.3) is 0 Å². The molecule has 0 amide bonds. The lowest BCUT2D eigenvalue weighted by Crippen LogP contribution is -2.33. The maximum absolute atomic E-state index is 6.38.